The zero-order valence-electron chi connectivity index (χ0n) is 4.95. The van der Waals surface area contributed by atoms with Crippen LogP contribution in [0.3, 0.4) is 0 Å². The van der Waals surface area contributed by atoms with Crippen LogP contribution in [0.1, 0.15) is 0 Å². The average molecular weight is 693 g/mol. The quantitative estimate of drug-likeness (QED) is 0.314. The van der Waals surface area contributed by atoms with Gasteiger partial charge in [0.15, 0.2) is 0 Å². The first-order valence-corrected chi connectivity index (χ1v) is 0. The summed E-state index contributed by atoms with van der Waals surface area (Å²) in [6.07, 6.45) is 0. The summed E-state index contributed by atoms with van der Waals surface area (Å²) in [7, 11) is 0. The minimum absolute atomic E-state index is 0. The predicted molar refractivity (Wildman–Crippen MR) is 0 cm³/mol. The third-order valence-electron chi connectivity index (χ3n) is 0. The Hall–Kier alpha value is 5.86. The molecule has 14 valence electrons. The van der Waals surface area contributed by atoms with Crippen LogP contribution in [0.25, 0.3) is 0 Å². The maximum absolute atomic E-state index is 0. The minimum atomic E-state index is 0. The van der Waals surface area contributed by atoms with E-state index in [2.05, 4.69) is 0 Å². The van der Waals surface area contributed by atoms with Crippen molar-refractivity contribution in [1.29, 1.82) is 0 Å². The summed E-state index contributed by atoms with van der Waals surface area (Å²) in [5.41, 5.74) is 0. The summed E-state index contributed by atoms with van der Waals surface area (Å²) in [5.74, 6) is 0. The van der Waals surface area contributed by atoms with Gasteiger partial charge in [-0.05, 0) is 0 Å². The first-order valence-electron chi connectivity index (χ1n) is 0. The van der Waals surface area contributed by atoms with Crippen molar-refractivity contribution in [2.45, 2.75) is 0 Å². The fourth-order valence-corrected chi connectivity index (χ4v) is 0. The second-order valence-electron chi connectivity index (χ2n) is 0. The Balaban J connectivity index is 0. The molecule has 0 aromatic carbocycles. The van der Waals surface area contributed by atoms with Gasteiger partial charge in [0.25, 0.3) is 0 Å². The van der Waals surface area contributed by atoms with Gasteiger partial charge in [-0.2, -0.15) is 0 Å². The molecule has 0 spiro atoms. The van der Waals surface area contributed by atoms with E-state index in [0.717, 1.165) is 0 Å². The summed E-state index contributed by atoms with van der Waals surface area (Å²) in [4.78, 5) is 0. The summed E-state index contributed by atoms with van der Waals surface area (Å²) in [5, 5.41) is 0. The van der Waals surface area contributed by atoms with Crippen LogP contribution in [-0.2, 0) is 175 Å². The average Bonchev–Trinajstić information content (AvgIpc) is 0. The van der Waals surface area contributed by atoms with Gasteiger partial charge in [-0.3, -0.25) is 0 Å². The monoisotopic (exact) mass is 697 g/mol. The molecule has 0 rings (SSSR count). The van der Waals surface area contributed by atoms with E-state index in [9.17, 15) is 0 Å². The van der Waals surface area contributed by atoms with E-state index in [1.165, 1.54) is 0 Å². The molecule has 0 saturated heterocycles. The summed E-state index contributed by atoms with van der Waals surface area (Å²) in [6.45, 7) is 0. The molecule has 0 amide bonds. The van der Waals surface area contributed by atoms with Gasteiger partial charge in [0.05, 0.1) is 0 Å². The van der Waals surface area contributed by atoms with Gasteiger partial charge in [0.1, 0.15) is 0 Å². The maximum atomic E-state index is 0. The topological polar surface area (TPSA) is 0 Å². The van der Waals surface area contributed by atoms with Crippen molar-refractivity contribution in [3.05, 3.63) is 0 Å². The van der Waals surface area contributed by atoms with Gasteiger partial charge in [-0.25, -0.2) is 0 Å². The van der Waals surface area contributed by atoms with Crippen molar-refractivity contribution in [3.63, 3.8) is 0 Å². The van der Waals surface area contributed by atoms with Crippen LogP contribution in [0, 0.1) is 0 Å². The molecule has 7 heteroatoms. The van der Waals surface area contributed by atoms with Crippen molar-refractivity contribution in [1.82, 2.24) is 0 Å². The van der Waals surface area contributed by atoms with Crippen LogP contribution in [-0.4, -0.2) is 0 Å². The van der Waals surface area contributed by atoms with E-state index >= 15 is 0 Å². The standard InChI is InChI=1S/5Cd.2Zn. The van der Waals surface area contributed by atoms with Gasteiger partial charge in [-0.1, -0.05) is 0 Å². The minimum Gasteiger partial charge on any atom is 0 e. The van der Waals surface area contributed by atoms with Gasteiger partial charge in [0, 0.05) is 175 Å². The smallest absolute Gasteiger partial charge is 0 e. The molecule has 0 fully saturated rings. The fourth-order valence-electron chi connectivity index (χ4n) is 0. The molecule has 7 heavy (non-hydrogen) atoms. The van der Waals surface area contributed by atoms with Crippen LogP contribution in [0.2, 0.25) is 0 Å². The Morgan fingerprint density at radius 2 is 0.286 bits per heavy atom. The van der Waals surface area contributed by atoms with Crippen LogP contribution in [0.15, 0.2) is 0 Å². The Bertz CT molecular complexity index is 6.04. The molecule has 0 saturated carbocycles. The molecule has 0 atom stereocenters. The Kier molecular flexibility index (Phi) is 307. The van der Waals surface area contributed by atoms with Crippen molar-refractivity contribution < 1.29 is 175 Å². The normalized spacial score (nSPS) is 0. The number of hydrogen-bond donors (Lipinski definition) is 0. The first-order chi connectivity index (χ1) is 0. The van der Waals surface area contributed by atoms with Crippen LogP contribution >= 0.6 is 0 Å². The molecule has 0 aliphatic carbocycles. The molecule has 0 nitrogen and oxygen atoms in total. The first kappa shape index (κ1) is 52.7. The Morgan fingerprint density at radius 1 is 0.286 bits per heavy atom. The molecule has 0 bridgehead atoms. The Morgan fingerprint density at radius 3 is 0.286 bits per heavy atom. The van der Waals surface area contributed by atoms with E-state index in [4.69, 9.17) is 0 Å². The maximum Gasteiger partial charge on any atom is 0 e. The molecular formula is Cd5Zn2. The van der Waals surface area contributed by atoms with E-state index < -0.39 is 0 Å². The summed E-state index contributed by atoms with van der Waals surface area (Å²) < 4.78 is 0. The van der Waals surface area contributed by atoms with E-state index in [-0.39, 0.29) is 175 Å². The largest absolute Gasteiger partial charge is 0 e. The van der Waals surface area contributed by atoms with Gasteiger partial charge >= 0.3 is 0 Å². The van der Waals surface area contributed by atoms with Crippen LogP contribution in [0.5, 0.6) is 0 Å². The number of hydrogen-bond acceptors (Lipinski definition) is 0. The van der Waals surface area contributed by atoms with E-state index in [1.807, 2.05) is 0 Å². The predicted octanol–water partition coefficient (Wildman–Crippen LogP) is -0.0175. The van der Waals surface area contributed by atoms with Crippen LogP contribution in [0.4, 0.5) is 0 Å². The molecule has 0 unspecified atom stereocenters. The third kappa shape index (κ3) is 33.6. The SMILES string of the molecule is [Cd].[Cd].[Cd].[Cd].[Cd].[Zn].[Zn]. The second kappa shape index (κ2) is 40.7. The molecular weight excluding hydrogens is 693 g/mol. The Labute approximate surface area is 171 Å². The van der Waals surface area contributed by atoms with E-state index in [0.29, 0.717) is 0 Å². The molecule has 0 heterocycles. The second-order valence-corrected chi connectivity index (χ2v) is 0. The summed E-state index contributed by atoms with van der Waals surface area (Å²) >= 11 is 0. The van der Waals surface area contributed by atoms with Gasteiger partial charge in [0.2, 0.25) is 0 Å². The molecule has 0 N–H and O–H groups in total. The van der Waals surface area contributed by atoms with Gasteiger partial charge < -0.3 is 0 Å². The zero-order chi connectivity index (χ0) is 0. The molecule has 0 aliphatic rings. The van der Waals surface area contributed by atoms with Gasteiger partial charge in [-0.15, -0.1) is 0 Å². The molecule has 0 radical (unpaired) electrons. The fraction of sp³-hybridized carbons (Fsp3) is 0. The van der Waals surface area contributed by atoms with Crippen molar-refractivity contribution >= 4 is 0 Å². The van der Waals surface area contributed by atoms with Crippen LogP contribution < -0.4 is 0 Å². The zero-order valence-corrected chi connectivity index (χ0v) is 31.1. The van der Waals surface area contributed by atoms with Crippen molar-refractivity contribution in [2.75, 3.05) is 0 Å². The molecule has 0 aliphatic heterocycles. The van der Waals surface area contributed by atoms with Crippen molar-refractivity contribution in [3.8, 4) is 0 Å². The summed E-state index contributed by atoms with van der Waals surface area (Å²) in [6, 6.07) is 0. The third-order valence-corrected chi connectivity index (χ3v) is 0. The van der Waals surface area contributed by atoms with Crippen molar-refractivity contribution in [2.24, 2.45) is 0 Å². The molecule has 0 aromatic heterocycles. The molecule has 0 aromatic rings. The van der Waals surface area contributed by atoms with E-state index in [1.54, 1.807) is 0 Å². The number of rotatable bonds is 0.